The highest BCUT2D eigenvalue weighted by Gasteiger charge is 2.34. The molecule has 1 atom stereocenters. The topological polar surface area (TPSA) is 44.8 Å². The highest BCUT2D eigenvalue weighted by molar-refractivity contribution is 5.90. The van der Waals surface area contributed by atoms with Gasteiger partial charge in [0.2, 0.25) is 0 Å². The quantitative estimate of drug-likeness (QED) is 0.838. The Hall–Kier alpha value is -2.90. The zero-order valence-electron chi connectivity index (χ0n) is 15.7. The normalized spacial score (nSPS) is 17.4. The number of hydrogen-bond acceptors (Lipinski definition) is 3. The van der Waals surface area contributed by atoms with Crippen molar-refractivity contribution in [3.05, 3.63) is 54.1 Å². The number of amides is 2. The first-order valence-corrected chi connectivity index (χ1v) is 8.92. The number of alkyl halides is 3. The third-order valence-corrected chi connectivity index (χ3v) is 4.79. The van der Waals surface area contributed by atoms with Gasteiger partial charge in [-0.25, -0.2) is 4.79 Å². The molecule has 3 rings (SSSR count). The van der Waals surface area contributed by atoms with E-state index in [1.54, 1.807) is 7.11 Å². The van der Waals surface area contributed by atoms with Crippen molar-refractivity contribution >= 4 is 17.4 Å². The van der Waals surface area contributed by atoms with E-state index in [4.69, 9.17) is 4.74 Å². The van der Waals surface area contributed by atoms with Crippen LogP contribution in [0.4, 0.5) is 29.3 Å². The lowest BCUT2D eigenvalue weighted by molar-refractivity contribution is -0.136. The predicted octanol–water partition coefficient (Wildman–Crippen LogP) is 4.46. The van der Waals surface area contributed by atoms with Crippen LogP contribution in [-0.4, -0.2) is 43.7 Å². The van der Waals surface area contributed by atoms with Gasteiger partial charge in [0.15, 0.2) is 0 Å². The van der Waals surface area contributed by atoms with E-state index in [2.05, 4.69) is 10.2 Å². The Morgan fingerprint density at radius 3 is 2.39 bits per heavy atom. The van der Waals surface area contributed by atoms with Gasteiger partial charge < -0.3 is 19.9 Å². The molecule has 0 aromatic heterocycles. The van der Waals surface area contributed by atoms with Crippen LogP contribution >= 0.6 is 0 Å². The van der Waals surface area contributed by atoms with Crippen LogP contribution in [0.3, 0.4) is 0 Å². The largest absolute Gasteiger partial charge is 0.497 e. The average Bonchev–Trinajstić information content (AvgIpc) is 2.67. The molecular weight excluding hydrogens is 371 g/mol. The lowest BCUT2D eigenvalue weighted by Gasteiger charge is -2.41. The molecule has 8 heteroatoms. The minimum atomic E-state index is -4.52. The molecule has 0 bridgehead atoms. The Morgan fingerprint density at radius 1 is 1.11 bits per heavy atom. The van der Waals surface area contributed by atoms with Crippen LogP contribution in [0.5, 0.6) is 5.75 Å². The van der Waals surface area contributed by atoms with Crippen molar-refractivity contribution in [2.75, 3.05) is 37.0 Å². The number of methoxy groups -OCH3 is 1. The summed E-state index contributed by atoms with van der Waals surface area (Å²) in [6.07, 6.45) is -4.52. The fourth-order valence-electron chi connectivity index (χ4n) is 3.33. The Morgan fingerprint density at radius 2 is 1.79 bits per heavy atom. The van der Waals surface area contributed by atoms with Gasteiger partial charge in [0.05, 0.1) is 18.4 Å². The lowest BCUT2D eigenvalue weighted by atomic mass is 10.1. The number of nitrogens with one attached hydrogen (secondary N) is 1. The van der Waals surface area contributed by atoms with Crippen molar-refractivity contribution < 1.29 is 22.7 Å². The maximum atomic E-state index is 13.1. The van der Waals surface area contributed by atoms with E-state index in [9.17, 15) is 18.0 Å². The molecule has 1 heterocycles. The molecule has 1 unspecified atom stereocenters. The van der Waals surface area contributed by atoms with Crippen LogP contribution < -0.4 is 15.0 Å². The summed E-state index contributed by atoms with van der Waals surface area (Å²) >= 11 is 0. The molecular formula is C20H22F3N3O2. The second kappa shape index (κ2) is 8.00. The van der Waals surface area contributed by atoms with Crippen molar-refractivity contribution in [2.24, 2.45) is 0 Å². The summed E-state index contributed by atoms with van der Waals surface area (Å²) in [6, 6.07) is 12.1. The number of ether oxygens (including phenoxy) is 1. The average molecular weight is 393 g/mol. The maximum Gasteiger partial charge on any atom is 0.418 e. The number of carbonyl (C=O) groups excluding carboxylic acids is 1. The van der Waals surface area contributed by atoms with Crippen LogP contribution in [-0.2, 0) is 6.18 Å². The molecule has 0 aliphatic carbocycles. The maximum absolute atomic E-state index is 13.1. The van der Waals surface area contributed by atoms with Crippen LogP contribution in [0, 0.1) is 0 Å². The van der Waals surface area contributed by atoms with Gasteiger partial charge in [-0.2, -0.15) is 13.2 Å². The van der Waals surface area contributed by atoms with Gasteiger partial charge in [-0.3, -0.25) is 0 Å². The number of para-hydroxylation sites is 1. The molecule has 1 aliphatic heterocycles. The zero-order chi connectivity index (χ0) is 20.3. The van der Waals surface area contributed by atoms with Gasteiger partial charge in [0.25, 0.3) is 0 Å². The van der Waals surface area contributed by atoms with E-state index in [0.717, 1.165) is 17.5 Å². The Bertz CT molecular complexity index is 824. The third kappa shape index (κ3) is 4.32. The molecule has 1 fully saturated rings. The number of halogens is 3. The molecule has 0 saturated carbocycles. The van der Waals surface area contributed by atoms with E-state index in [0.29, 0.717) is 19.6 Å². The minimum Gasteiger partial charge on any atom is -0.497 e. The van der Waals surface area contributed by atoms with E-state index in [1.807, 2.05) is 31.2 Å². The summed E-state index contributed by atoms with van der Waals surface area (Å²) in [4.78, 5) is 16.2. The zero-order valence-corrected chi connectivity index (χ0v) is 15.7. The molecule has 2 amide bonds. The van der Waals surface area contributed by atoms with E-state index in [-0.39, 0.29) is 11.7 Å². The van der Waals surface area contributed by atoms with E-state index in [1.165, 1.54) is 23.1 Å². The summed E-state index contributed by atoms with van der Waals surface area (Å²) in [5.41, 5.74) is -0.0747. The number of carbonyl (C=O) groups is 1. The Kier molecular flexibility index (Phi) is 5.67. The number of benzene rings is 2. The molecule has 150 valence electrons. The van der Waals surface area contributed by atoms with Crippen LogP contribution in [0.1, 0.15) is 12.5 Å². The van der Waals surface area contributed by atoms with Gasteiger partial charge >= 0.3 is 12.2 Å². The number of rotatable bonds is 3. The number of piperazine rings is 1. The molecule has 28 heavy (non-hydrogen) atoms. The molecule has 5 nitrogen and oxygen atoms in total. The number of hydrogen-bond donors (Lipinski definition) is 1. The first-order chi connectivity index (χ1) is 13.3. The molecule has 0 radical (unpaired) electrons. The monoisotopic (exact) mass is 393 g/mol. The number of anilines is 2. The van der Waals surface area contributed by atoms with Crippen LogP contribution in [0.15, 0.2) is 48.5 Å². The summed E-state index contributed by atoms with van der Waals surface area (Å²) in [5, 5.41) is 2.41. The van der Waals surface area contributed by atoms with Crippen LogP contribution in [0.25, 0.3) is 0 Å². The lowest BCUT2D eigenvalue weighted by Crippen LogP contribution is -2.54. The van der Waals surface area contributed by atoms with Gasteiger partial charge in [-0.15, -0.1) is 0 Å². The van der Waals surface area contributed by atoms with Crippen molar-refractivity contribution in [2.45, 2.75) is 19.1 Å². The van der Waals surface area contributed by atoms with Gasteiger partial charge in [0, 0.05) is 31.4 Å². The van der Waals surface area contributed by atoms with E-state index >= 15 is 0 Å². The summed E-state index contributed by atoms with van der Waals surface area (Å²) in [6.45, 7) is 3.39. The highest BCUT2D eigenvalue weighted by atomic mass is 19.4. The summed E-state index contributed by atoms with van der Waals surface area (Å²) in [5.74, 6) is 0.762. The van der Waals surface area contributed by atoms with Gasteiger partial charge in [-0.05, 0) is 43.3 Å². The SMILES string of the molecule is COc1ccc(N2CCN(C(=O)Nc3ccccc3C(F)(F)F)CC2C)cc1. The van der Waals surface area contributed by atoms with Crippen molar-refractivity contribution in [1.29, 1.82) is 0 Å². The van der Waals surface area contributed by atoms with Gasteiger partial charge in [-0.1, -0.05) is 12.1 Å². The van der Waals surface area contributed by atoms with Crippen LogP contribution in [0.2, 0.25) is 0 Å². The number of urea groups is 1. The van der Waals surface area contributed by atoms with Crippen molar-refractivity contribution in [3.63, 3.8) is 0 Å². The summed E-state index contributed by atoms with van der Waals surface area (Å²) < 4.78 is 44.5. The second-order valence-electron chi connectivity index (χ2n) is 6.66. The van der Waals surface area contributed by atoms with Crippen molar-refractivity contribution in [3.8, 4) is 5.75 Å². The minimum absolute atomic E-state index is 0.0192. The molecule has 1 saturated heterocycles. The Balaban J connectivity index is 1.66. The fraction of sp³-hybridized carbons (Fsp3) is 0.350. The molecule has 1 aliphatic rings. The Labute approximate surface area is 161 Å². The second-order valence-corrected chi connectivity index (χ2v) is 6.66. The highest BCUT2D eigenvalue weighted by Crippen LogP contribution is 2.34. The fourth-order valence-corrected chi connectivity index (χ4v) is 3.33. The van der Waals surface area contributed by atoms with Gasteiger partial charge in [0.1, 0.15) is 5.75 Å². The third-order valence-electron chi connectivity index (χ3n) is 4.79. The standard InChI is InChI=1S/C20H22F3N3O2/c1-14-13-25(11-12-26(14)15-7-9-16(28-2)10-8-15)19(27)24-18-6-4-3-5-17(18)20(21,22)23/h3-10,14H,11-13H2,1-2H3,(H,24,27). The van der Waals surface area contributed by atoms with E-state index < -0.39 is 17.8 Å². The summed E-state index contributed by atoms with van der Waals surface area (Å²) in [7, 11) is 1.60. The molecule has 2 aromatic rings. The smallest absolute Gasteiger partial charge is 0.418 e. The predicted molar refractivity (Wildman–Crippen MR) is 102 cm³/mol. The molecule has 1 N–H and O–H groups in total. The number of nitrogens with zero attached hydrogens (tertiary/aromatic N) is 2. The first kappa shape index (κ1) is 19.9. The molecule has 0 spiro atoms. The molecule has 2 aromatic carbocycles. The van der Waals surface area contributed by atoms with Crippen molar-refractivity contribution in [1.82, 2.24) is 4.90 Å². The first-order valence-electron chi connectivity index (χ1n) is 8.92.